The molecule has 2 aromatic carbocycles. The number of halogens is 3. The van der Waals surface area contributed by atoms with Crippen LogP contribution in [0.3, 0.4) is 0 Å². The molecule has 0 unspecified atom stereocenters. The highest BCUT2D eigenvalue weighted by molar-refractivity contribution is 9.10. The Labute approximate surface area is 260 Å². The highest BCUT2D eigenvalue weighted by Crippen LogP contribution is 2.39. The third-order valence-electron chi connectivity index (χ3n) is 9.21. The Hall–Kier alpha value is -3.11. The molecule has 2 aromatic rings. The third kappa shape index (κ3) is 7.01. The lowest BCUT2D eigenvalue weighted by Gasteiger charge is -2.42. The Morgan fingerprint density at radius 2 is 1.67 bits per heavy atom. The van der Waals surface area contributed by atoms with E-state index in [1.165, 1.54) is 4.90 Å². The maximum Gasteiger partial charge on any atom is 0.328 e. The van der Waals surface area contributed by atoms with Gasteiger partial charge in [0.2, 0.25) is 11.8 Å². The average Bonchev–Trinajstić information content (AvgIpc) is 3.18. The second-order valence-electron chi connectivity index (χ2n) is 12.0. The maximum absolute atomic E-state index is 13.8. The van der Waals surface area contributed by atoms with Crippen LogP contribution in [0.1, 0.15) is 62.1 Å². The molecule has 1 saturated carbocycles. The number of piperidine rings is 1. The summed E-state index contributed by atoms with van der Waals surface area (Å²) >= 11 is 3.43. The quantitative estimate of drug-likeness (QED) is 0.240. The summed E-state index contributed by atoms with van der Waals surface area (Å²) in [5, 5.41) is 3.15. The lowest BCUT2D eigenvalue weighted by Crippen LogP contribution is -2.56. The van der Waals surface area contributed by atoms with Crippen molar-refractivity contribution in [1.82, 2.24) is 20.0 Å². The molecule has 1 atom stereocenters. The molecule has 3 aliphatic rings. The van der Waals surface area contributed by atoms with Gasteiger partial charge in [0.05, 0.1) is 12.6 Å². The van der Waals surface area contributed by atoms with E-state index < -0.39 is 17.4 Å². The zero-order chi connectivity index (χ0) is 30.6. The van der Waals surface area contributed by atoms with Gasteiger partial charge in [-0.1, -0.05) is 64.5 Å². The van der Waals surface area contributed by atoms with Crippen LogP contribution in [0.2, 0.25) is 0 Å². The first-order valence-corrected chi connectivity index (χ1v) is 15.9. The van der Waals surface area contributed by atoms with Gasteiger partial charge in [-0.15, -0.1) is 6.58 Å². The average molecular weight is 658 g/mol. The Morgan fingerprint density at radius 1 is 1.02 bits per heavy atom. The Bertz CT molecular complexity index is 1310. The van der Waals surface area contributed by atoms with Gasteiger partial charge in [-0.2, -0.15) is 0 Å². The molecule has 5 rings (SSSR count). The standard InChI is InChI=1S/C33H39BrF2N4O3/c1-2-19-40-31(43)39(23-24-8-10-27(34)11-9-24)30(42)32(40)17-21-38(22-18-32)20-14-28(25-6-4-3-5-7-25)37-29(41)26-12-15-33(35,36)16-13-26/h2-11,26,28H,1,12-23H2,(H,37,41)/t28-/m0/s1. The van der Waals surface area contributed by atoms with E-state index in [1.54, 1.807) is 11.0 Å². The van der Waals surface area contributed by atoms with Crippen LogP contribution in [0.4, 0.5) is 13.6 Å². The summed E-state index contributed by atoms with van der Waals surface area (Å²) in [7, 11) is 0. The van der Waals surface area contributed by atoms with E-state index in [4.69, 9.17) is 0 Å². The van der Waals surface area contributed by atoms with E-state index in [-0.39, 0.29) is 56.1 Å². The molecular formula is C33H39BrF2N4O3. The zero-order valence-electron chi connectivity index (χ0n) is 24.3. The van der Waals surface area contributed by atoms with Crippen LogP contribution >= 0.6 is 15.9 Å². The first-order valence-electron chi connectivity index (χ1n) is 15.1. The molecule has 43 heavy (non-hydrogen) atoms. The fourth-order valence-corrected chi connectivity index (χ4v) is 6.88. The molecule has 1 aliphatic carbocycles. The third-order valence-corrected chi connectivity index (χ3v) is 9.74. The maximum atomic E-state index is 13.8. The van der Waals surface area contributed by atoms with Crippen LogP contribution in [0.25, 0.3) is 0 Å². The normalized spacial score (nSPS) is 21.3. The number of imide groups is 1. The lowest BCUT2D eigenvalue weighted by atomic mass is 9.85. The number of benzene rings is 2. The van der Waals surface area contributed by atoms with Crippen LogP contribution in [0.15, 0.2) is 71.7 Å². The van der Waals surface area contributed by atoms with Crippen LogP contribution in [-0.2, 0) is 16.1 Å². The van der Waals surface area contributed by atoms with Crippen molar-refractivity contribution in [3.63, 3.8) is 0 Å². The Balaban J connectivity index is 1.22. The van der Waals surface area contributed by atoms with Crippen molar-refractivity contribution in [3.05, 3.63) is 82.9 Å². The molecule has 0 radical (unpaired) electrons. The van der Waals surface area contributed by atoms with Gasteiger partial charge in [-0.25, -0.2) is 13.6 Å². The van der Waals surface area contributed by atoms with E-state index in [0.717, 1.165) is 15.6 Å². The van der Waals surface area contributed by atoms with Gasteiger partial charge in [-0.3, -0.25) is 14.5 Å². The molecule has 230 valence electrons. The summed E-state index contributed by atoms with van der Waals surface area (Å²) in [5.74, 6) is -3.40. The molecule has 10 heteroatoms. The molecule has 7 nitrogen and oxygen atoms in total. The summed E-state index contributed by atoms with van der Waals surface area (Å²) in [6, 6.07) is 16.8. The lowest BCUT2D eigenvalue weighted by molar-refractivity contribution is -0.136. The fourth-order valence-electron chi connectivity index (χ4n) is 6.62. The number of alkyl halides is 2. The predicted molar refractivity (Wildman–Crippen MR) is 164 cm³/mol. The number of hydrogen-bond donors (Lipinski definition) is 1. The molecule has 0 bridgehead atoms. The molecule has 0 aromatic heterocycles. The second-order valence-corrected chi connectivity index (χ2v) is 12.9. The first kappa shape index (κ1) is 31.3. The SMILES string of the molecule is C=CCN1C(=O)N(Cc2ccc(Br)cc2)C(=O)C12CCN(CC[C@H](NC(=O)C1CCC(F)(F)CC1)c1ccccc1)CC2. The summed E-state index contributed by atoms with van der Waals surface area (Å²) in [6.07, 6.45) is 3.24. The predicted octanol–water partition coefficient (Wildman–Crippen LogP) is 6.31. The topological polar surface area (TPSA) is 73.0 Å². The van der Waals surface area contributed by atoms with E-state index in [0.29, 0.717) is 45.4 Å². The van der Waals surface area contributed by atoms with E-state index in [1.807, 2.05) is 54.6 Å². The van der Waals surface area contributed by atoms with Crippen molar-refractivity contribution < 1.29 is 23.2 Å². The van der Waals surface area contributed by atoms with Gasteiger partial charge < -0.3 is 15.1 Å². The monoisotopic (exact) mass is 656 g/mol. The molecule has 3 fully saturated rings. The van der Waals surface area contributed by atoms with Crippen LogP contribution < -0.4 is 5.32 Å². The number of nitrogens with zero attached hydrogens (tertiary/aromatic N) is 3. The van der Waals surface area contributed by atoms with Gasteiger partial charge in [0.25, 0.3) is 5.91 Å². The van der Waals surface area contributed by atoms with Crippen molar-refractivity contribution in [3.8, 4) is 0 Å². The number of hydrogen-bond acceptors (Lipinski definition) is 4. The van der Waals surface area contributed by atoms with Gasteiger partial charge >= 0.3 is 6.03 Å². The number of nitrogens with one attached hydrogen (secondary N) is 1. The van der Waals surface area contributed by atoms with Gasteiger partial charge in [0.1, 0.15) is 5.54 Å². The molecule has 2 saturated heterocycles. The number of likely N-dealkylation sites (tertiary alicyclic amines) is 1. The van der Waals surface area contributed by atoms with Crippen LogP contribution in [0, 0.1) is 5.92 Å². The van der Waals surface area contributed by atoms with E-state index in [9.17, 15) is 23.2 Å². The summed E-state index contributed by atoms with van der Waals surface area (Å²) in [6.45, 7) is 6.30. The Morgan fingerprint density at radius 3 is 2.30 bits per heavy atom. The van der Waals surface area contributed by atoms with Crippen molar-refractivity contribution in [2.24, 2.45) is 5.92 Å². The van der Waals surface area contributed by atoms with Gasteiger partial charge in [0, 0.05) is 49.4 Å². The summed E-state index contributed by atoms with van der Waals surface area (Å²) in [5.41, 5.74) is 0.962. The van der Waals surface area contributed by atoms with Crippen LogP contribution in [-0.4, -0.2) is 70.2 Å². The van der Waals surface area contributed by atoms with Crippen molar-refractivity contribution in [1.29, 1.82) is 0 Å². The van der Waals surface area contributed by atoms with E-state index >= 15 is 0 Å². The second kappa shape index (κ2) is 13.3. The number of carbonyl (C=O) groups is 3. The van der Waals surface area contributed by atoms with Crippen LogP contribution in [0.5, 0.6) is 0 Å². The molecule has 2 aliphatic heterocycles. The highest BCUT2D eigenvalue weighted by atomic mass is 79.9. The molecule has 1 N–H and O–H groups in total. The minimum absolute atomic E-state index is 0.158. The van der Waals surface area contributed by atoms with Crippen molar-refractivity contribution in [2.45, 2.75) is 69.0 Å². The number of amides is 4. The number of carbonyl (C=O) groups excluding carboxylic acids is 3. The molecular weight excluding hydrogens is 618 g/mol. The molecule has 4 amide bonds. The minimum Gasteiger partial charge on any atom is -0.349 e. The zero-order valence-corrected chi connectivity index (χ0v) is 25.9. The van der Waals surface area contributed by atoms with Gasteiger partial charge in [-0.05, 0) is 55.4 Å². The summed E-state index contributed by atoms with van der Waals surface area (Å²) in [4.78, 5) is 45.7. The van der Waals surface area contributed by atoms with Gasteiger partial charge in [0.15, 0.2) is 0 Å². The highest BCUT2D eigenvalue weighted by Gasteiger charge is 2.57. The molecule has 2 heterocycles. The van der Waals surface area contributed by atoms with Crippen molar-refractivity contribution in [2.75, 3.05) is 26.2 Å². The first-order chi connectivity index (χ1) is 20.6. The largest absolute Gasteiger partial charge is 0.349 e. The molecule has 1 spiro atoms. The fraction of sp³-hybridized carbons (Fsp3) is 0.485. The number of rotatable bonds is 10. The van der Waals surface area contributed by atoms with E-state index in [2.05, 4.69) is 32.7 Å². The summed E-state index contributed by atoms with van der Waals surface area (Å²) < 4.78 is 28.3. The Kier molecular flexibility index (Phi) is 9.66. The minimum atomic E-state index is -2.68. The smallest absolute Gasteiger partial charge is 0.328 e. The van der Waals surface area contributed by atoms with Crippen molar-refractivity contribution >= 4 is 33.8 Å². The number of urea groups is 1.